The van der Waals surface area contributed by atoms with Crippen LogP contribution in [0.15, 0.2) is 16.9 Å². The van der Waals surface area contributed by atoms with Gasteiger partial charge in [-0.25, -0.2) is 4.68 Å². The zero-order valence-electron chi connectivity index (χ0n) is 10.6. The van der Waals surface area contributed by atoms with E-state index < -0.39 is 18.0 Å². The van der Waals surface area contributed by atoms with Gasteiger partial charge in [0.1, 0.15) is 5.69 Å². The average molecular weight is 269 g/mol. The fraction of sp³-hybridized carbons (Fsp3) is 0.455. The summed E-state index contributed by atoms with van der Waals surface area (Å²) in [6.07, 6.45) is -0.828. The summed E-state index contributed by atoms with van der Waals surface area (Å²) < 4.78 is 5.96. The van der Waals surface area contributed by atoms with Gasteiger partial charge in [-0.2, -0.15) is 5.10 Å². The van der Waals surface area contributed by atoms with Crippen LogP contribution in [0, 0.1) is 0 Å². The normalized spacial score (nSPS) is 11.9. The van der Waals surface area contributed by atoms with Gasteiger partial charge in [0.2, 0.25) is 0 Å². The summed E-state index contributed by atoms with van der Waals surface area (Å²) in [7, 11) is 2.80. The van der Waals surface area contributed by atoms with Crippen molar-refractivity contribution < 1.29 is 19.4 Å². The number of carboxylic acid groups (broad SMARTS) is 1. The van der Waals surface area contributed by atoms with Crippen LogP contribution >= 0.6 is 0 Å². The number of carbonyl (C=O) groups excluding carboxylic acids is 1. The second-order valence-corrected chi connectivity index (χ2v) is 3.85. The van der Waals surface area contributed by atoms with Gasteiger partial charge in [-0.3, -0.25) is 14.4 Å². The van der Waals surface area contributed by atoms with Crippen molar-refractivity contribution >= 4 is 11.9 Å². The van der Waals surface area contributed by atoms with E-state index in [0.717, 1.165) is 4.68 Å². The summed E-state index contributed by atoms with van der Waals surface area (Å²) >= 11 is 0. The number of rotatable bonds is 6. The second-order valence-electron chi connectivity index (χ2n) is 3.85. The Morgan fingerprint density at radius 2 is 2.21 bits per heavy atom. The van der Waals surface area contributed by atoms with E-state index in [1.807, 2.05) is 0 Å². The van der Waals surface area contributed by atoms with Crippen molar-refractivity contribution in [3.8, 4) is 0 Å². The molecule has 0 bridgehead atoms. The number of nitrogens with zero attached hydrogens (tertiary/aromatic N) is 2. The molecule has 1 aromatic heterocycles. The van der Waals surface area contributed by atoms with E-state index in [4.69, 9.17) is 9.84 Å². The van der Waals surface area contributed by atoms with Crippen LogP contribution in [0.25, 0.3) is 0 Å². The van der Waals surface area contributed by atoms with Gasteiger partial charge in [0.25, 0.3) is 11.5 Å². The van der Waals surface area contributed by atoms with Crippen LogP contribution in [0.5, 0.6) is 0 Å². The van der Waals surface area contributed by atoms with Gasteiger partial charge in [0, 0.05) is 26.8 Å². The fourth-order valence-corrected chi connectivity index (χ4v) is 1.35. The Morgan fingerprint density at radius 1 is 1.53 bits per heavy atom. The number of aromatic nitrogens is 2. The van der Waals surface area contributed by atoms with Crippen LogP contribution in [0.3, 0.4) is 0 Å². The molecule has 8 nitrogen and oxygen atoms in total. The molecule has 2 N–H and O–H groups in total. The van der Waals surface area contributed by atoms with Crippen molar-refractivity contribution in [2.45, 2.75) is 12.5 Å². The number of aliphatic carboxylic acids is 1. The highest BCUT2D eigenvalue weighted by Crippen LogP contribution is 1.97. The fourth-order valence-electron chi connectivity index (χ4n) is 1.35. The van der Waals surface area contributed by atoms with E-state index >= 15 is 0 Å². The van der Waals surface area contributed by atoms with Crippen molar-refractivity contribution in [3.63, 3.8) is 0 Å². The number of hydrogen-bond donors (Lipinski definition) is 2. The van der Waals surface area contributed by atoms with Gasteiger partial charge >= 0.3 is 5.97 Å². The van der Waals surface area contributed by atoms with Crippen LogP contribution < -0.4 is 10.9 Å². The lowest BCUT2D eigenvalue weighted by molar-refractivity contribution is -0.139. The van der Waals surface area contributed by atoms with E-state index in [0.29, 0.717) is 0 Å². The summed E-state index contributed by atoms with van der Waals surface area (Å²) in [5.41, 5.74) is -0.246. The van der Waals surface area contributed by atoms with Gasteiger partial charge < -0.3 is 15.2 Å². The highest BCUT2D eigenvalue weighted by atomic mass is 16.5. The molecule has 1 amide bonds. The first kappa shape index (κ1) is 14.8. The Balaban J connectivity index is 2.61. The number of hydrogen-bond acceptors (Lipinski definition) is 5. The van der Waals surface area contributed by atoms with Gasteiger partial charge in [0.05, 0.1) is 12.5 Å². The average Bonchev–Trinajstić information content (AvgIpc) is 2.36. The van der Waals surface area contributed by atoms with E-state index in [1.165, 1.54) is 26.3 Å². The predicted molar refractivity (Wildman–Crippen MR) is 64.9 cm³/mol. The molecule has 1 heterocycles. The van der Waals surface area contributed by atoms with Crippen molar-refractivity contribution in [2.24, 2.45) is 7.05 Å². The first-order chi connectivity index (χ1) is 8.93. The van der Waals surface area contributed by atoms with Crippen molar-refractivity contribution in [1.82, 2.24) is 15.1 Å². The standard InChI is InChI=1S/C11H15N3O5/c1-14-9(15)4-3-8(13-14)11(18)12-6-7(19-2)5-10(16)17/h3-4,7H,5-6H2,1-2H3,(H,12,18)(H,16,17). The minimum atomic E-state index is -1.01. The molecule has 0 aliphatic rings. The molecule has 1 unspecified atom stereocenters. The predicted octanol–water partition coefficient (Wildman–Crippen LogP) is -1.00. The SMILES string of the molecule is COC(CNC(=O)c1ccc(=O)n(C)n1)CC(=O)O. The molecule has 8 heteroatoms. The monoisotopic (exact) mass is 269 g/mol. The lowest BCUT2D eigenvalue weighted by Gasteiger charge is -2.13. The number of methoxy groups -OCH3 is 1. The quantitative estimate of drug-likeness (QED) is 0.685. The molecule has 0 fully saturated rings. The molecule has 1 rings (SSSR count). The number of amides is 1. The Bertz CT molecular complexity index is 525. The number of carboxylic acids is 1. The lowest BCUT2D eigenvalue weighted by atomic mass is 10.2. The molecule has 1 atom stereocenters. The molecule has 104 valence electrons. The first-order valence-corrected chi connectivity index (χ1v) is 5.51. The lowest BCUT2D eigenvalue weighted by Crippen LogP contribution is -2.35. The van der Waals surface area contributed by atoms with E-state index in [-0.39, 0.29) is 24.2 Å². The molecule has 0 radical (unpaired) electrons. The molecule has 0 saturated carbocycles. The van der Waals surface area contributed by atoms with Gasteiger partial charge in [0.15, 0.2) is 0 Å². The maximum absolute atomic E-state index is 11.7. The Morgan fingerprint density at radius 3 is 2.74 bits per heavy atom. The third-order valence-electron chi connectivity index (χ3n) is 2.42. The topological polar surface area (TPSA) is 111 Å². The van der Waals surface area contributed by atoms with Crippen molar-refractivity contribution in [3.05, 3.63) is 28.2 Å². The molecule has 0 saturated heterocycles. The third kappa shape index (κ3) is 4.51. The maximum Gasteiger partial charge on any atom is 0.306 e. The molecule has 0 aliphatic carbocycles. The second kappa shape index (κ2) is 6.64. The number of carbonyl (C=O) groups is 2. The van der Waals surface area contributed by atoms with E-state index in [2.05, 4.69) is 10.4 Å². The van der Waals surface area contributed by atoms with Crippen LogP contribution in [-0.4, -0.2) is 46.5 Å². The zero-order valence-corrected chi connectivity index (χ0v) is 10.6. The minimum absolute atomic E-state index is 0.0478. The summed E-state index contributed by atoms with van der Waals surface area (Å²) in [4.78, 5) is 33.4. The molecule has 0 spiro atoms. The Kier molecular flexibility index (Phi) is 5.19. The summed E-state index contributed by atoms with van der Waals surface area (Å²) in [6, 6.07) is 2.53. The van der Waals surface area contributed by atoms with Gasteiger partial charge in [-0.15, -0.1) is 0 Å². The van der Waals surface area contributed by atoms with E-state index in [9.17, 15) is 14.4 Å². The summed E-state index contributed by atoms with van der Waals surface area (Å²) in [5.74, 6) is -1.51. The Labute approximate surface area is 109 Å². The third-order valence-corrected chi connectivity index (χ3v) is 2.42. The van der Waals surface area contributed by atoms with Crippen LogP contribution in [-0.2, 0) is 16.6 Å². The maximum atomic E-state index is 11.7. The minimum Gasteiger partial charge on any atom is -0.481 e. The number of nitrogens with one attached hydrogen (secondary N) is 1. The summed E-state index contributed by atoms with van der Waals surface area (Å²) in [5, 5.41) is 14.9. The van der Waals surface area contributed by atoms with Crippen LogP contribution in [0.4, 0.5) is 0 Å². The van der Waals surface area contributed by atoms with Crippen LogP contribution in [0.2, 0.25) is 0 Å². The smallest absolute Gasteiger partial charge is 0.306 e. The number of aryl methyl sites for hydroxylation is 1. The molecule has 1 aromatic rings. The number of ether oxygens (including phenoxy) is 1. The molecular weight excluding hydrogens is 254 g/mol. The van der Waals surface area contributed by atoms with Crippen molar-refractivity contribution in [2.75, 3.05) is 13.7 Å². The summed E-state index contributed by atoms with van der Waals surface area (Å²) in [6.45, 7) is 0.0478. The van der Waals surface area contributed by atoms with E-state index in [1.54, 1.807) is 0 Å². The zero-order chi connectivity index (χ0) is 14.4. The van der Waals surface area contributed by atoms with Gasteiger partial charge in [-0.1, -0.05) is 0 Å². The Hall–Kier alpha value is -2.22. The molecular formula is C11H15N3O5. The highest BCUT2D eigenvalue weighted by molar-refractivity contribution is 5.92. The molecule has 19 heavy (non-hydrogen) atoms. The van der Waals surface area contributed by atoms with Crippen LogP contribution in [0.1, 0.15) is 16.9 Å². The molecule has 0 aromatic carbocycles. The van der Waals surface area contributed by atoms with Crippen molar-refractivity contribution in [1.29, 1.82) is 0 Å². The van der Waals surface area contributed by atoms with Gasteiger partial charge in [-0.05, 0) is 6.07 Å². The highest BCUT2D eigenvalue weighted by Gasteiger charge is 2.15. The largest absolute Gasteiger partial charge is 0.481 e. The first-order valence-electron chi connectivity index (χ1n) is 5.51. The molecule has 0 aliphatic heterocycles.